The minimum Gasteiger partial charge on any atom is -0.466 e. The molecule has 0 spiro atoms. The average Bonchev–Trinajstić information content (AvgIpc) is 3.20. The number of hydrogen-bond donors (Lipinski definition) is 1. The van der Waals surface area contributed by atoms with Gasteiger partial charge >= 0.3 is 17.9 Å². The predicted octanol–water partition coefficient (Wildman–Crippen LogP) is 5.44. The molecule has 4 rings (SSSR count). The van der Waals surface area contributed by atoms with Gasteiger partial charge < -0.3 is 19.3 Å². The number of carbonyl (C=O) groups excluding carboxylic acids is 3. The molecule has 0 radical (unpaired) electrons. The summed E-state index contributed by atoms with van der Waals surface area (Å²) < 4.78 is 17.0. The van der Waals surface area contributed by atoms with Gasteiger partial charge in [-0.3, -0.25) is 14.4 Å². The van der Waals surface area contributed by atoms with Gasteiger partial charge in [-0.15, -0.1) is 0 Å². The monoisotopic (exact) mass is 598 g/mol. The highest BCUT2D eigenvalue weighted by atomic mass is 79.9. The number of fused-ring (bicyclic) bond motifs is 5. The Balaban J connectivity index is 1.64. The summed E-state index contributed by atoms with van der Waals surface area (Å²) in [6.07, 6.45) is 5.46. The van der Waals surface area contributed by atoms with Crippen molar-refractivity contribution in [2.75, 3.05) is 6.61 Å². The number of halogens is 1. The lowest BCUT2D eigenvalue weighted by Gasteiger charge is -2.65. The standard InChI is InChI=1S/C30H47BrO7/c1-7-36-25(34)11-8-16(2)20-9-10-21-26-22(15-24(30(20,21)6)38-18(4)33)29(5)13-12-19(37-17(3)32)14-23(29)27(31)28(26)35/h16,19-24,26-28,35H,7-15H2,1-6H3. The molecule has 0 amide bonds. The number of aliphatic hydroxyl groups excluding tert-OH is 1. The van der Waals surface area contributed by atoms with E-state index in [9.17, 15) is 19.5 Å². The van der Waals surface area contributed by atoms with E-state index in [-0.39, 0.29) is 75.4 Å². The molecule has 0 aliphatic heterocycles. The molecule has 0 saturated heterocycles. The lowest BCUT2D eigenvalue weighted by Crippen LogP contribution is -2.66. The fourth-order valence-electron chi connectivity index (χ4n) is 9.57. The van der Waals surface area contributed by atoms with Crippen molar-refractivity contribution in [3.8, 4) is 0 Å². The topological polar surface area (TPSA) is 99.1 Å². The third kappa shape index (κ3) is 5.17. The van der Waals surface area contributed by atoms with Crippen LogP contribution in [-0.2, 0) is 28.6 Å². The van der Waals surface area contributed by atoms with Crippen LogP contribution in [0.4, 0.5) is 0 Å². The van der Waals surface area contributed by atoms with Crippen LogP contribution in [-0.4, -0.2) is 52.8 Å². The number of rotatable bonds is 7. The van der Waals surface area contributed by atoms with Crippen molar-refractivity contribution < 1.29 is 33.7 Å². The highest BCUT2D eigenvalue weighted by Crippen LogP contribution is 2.69. The Hall–Kier alpha value is -1.15. The number of alkyl halides is 1. The van der Waals surface area contributed by atoms with Crippen molar-refractivity contribution in [1.29, 1.82) is 0 Å². The second kappa shape index (κ2) is 11.4. The molecule has 12 atom stereocenters. The molecule has 0 bridgehead atoms. The Kier molecular flexibility index (Phi) is 8.93. The Labute approximate surface area is 236 Å². The molecule has 4 saturated carbocycles. The first-order valence-corrected chi connectivity index (χ1v) is 15.6. The SMILES string of the molecule is CCOC(=O)CCC(C)C1CCC2C3C(O)C(Br)C4CC(OC(C)=O)CCC4(C)C3CC(OC(C)=O)C12C. The summed E-state index contributed by atoms with van der Waals surface area (Å²) in [6.45, 7) is 12.0. The van der Waals surface area contributed by atoms with E-state index < -0.39 is 6.10 Å². The third-order valence-corrected chi connectivity index (χ3v) is 12.4. The molecule has 4 aliphatic rings. The van der Waals surface area contributed by atoms with Crippen molar-refractivity contribution in [2.24, 2.45) is 46.3 Å². The molecule has 4 fully saturated rings. The Bertz CT molecular complexity index is 909. The quantitative estimate of drug-likeness (QED) is 0.236. The van der Waals surface area contributed by atoms with Crippen LogP contribution in [0, 0.1) is 46.3 Å². The fourth-order valence-corrected chi connectivity index (χ4v) is 10.7. The molecule has 7 nitrogen and oxygen atoms in total. The summed E-state index contributed by atoms with van der Waals surface area (Å²) >= 11 is 3.93. The van der Waals surface area contributed by atoms with Gasteiger partial charge in [-0.05, 0) is 92.8 Å². The molecule has 4 aliphatic carbocycles. The zero-order valence-electron chi connectivity index (χ0n) is 23.9. The summed E-state index contributed by atoms with van der Waals surface area (Å²) in [5.74, 6) is 0.595. The van der Waals surface area contributed by atoms with E-state index in [4.69, 9.17) is 14.2 Å². The highest BCUT2D eigenvalue weighted by Gasteiger charge is 2.68. The van der Waals surface area contributed by atoms with Gasteiger partial charge in [0.25, 0.3) is 0 Å². The van der Waals surface area contributed by atoms with Crippen molar-refractivity contribution in [3.05, 3.63) is 0 Å². The van der Waals surface area contributed by atoms with Crippen LogP contribution in [0.1, 0.15) is 92.9 Å². The predicted molar refractivity (Wildman–Crippen MR) is 146 cm³/mol. The molecule has 0 aromatic rings. The molecule has 0 heterocycles. The van der Waals surface area contributed by atoms with Crippen molar-refractivity contribution in [1.82, 2.24) is 0 Å². The van der Waals surface area contributed by atoms with Gasteiger partial charge in [-0.1, -0.05) is 36.7 Å². The lowest BCUT2D eigenvalue weighted by molar-refractivity contribution is -0.215. The molecule has 0 aromatic carbocycles. The van der Waals surface area contributed by atoms with E-state index in [1.807, 2.05) is 6.92 Å². The van der Waals surface area contributed by atoms with E-state index in [1.54, 1.807) is 0 Å². The summed E-state index contributed by atoms with van der Waals surface area (Å²) in [5.41, 5.74) is -0.325. The maximum absolute atomic E-state index is 12.4. The third-order valence-electron chi connectivity index (χ3n) is 11.2. The molecule has 8 heteroatoms. The maximum Gasteiger partial charge on any atom is 0.305 e. The van der Waals surface area contributed by atoms with Crippen LogP contribution in [0.25, 0.3) is 0 Å². The zero-order valence-corrected chi connectivity index (χ0v) is 25.5. The van der Waals surface area contributed by atoms with Gasteiger partial charge in [0.15, 0.2) is 0 Å². The number of ether oxygens (including phenoxy) is 3. The molecule has 38 heavy (non-hydrogen) atoms. The summed E-state index contributed by atoms with van der Waals surface area (Å²) in [5, 5.41) is 11.9. The average molecular weight is 600 g/mol. The smallest absolute Gasteiger partial charge is 0.305 e. The van der Waals surface area contributed by atoms with Gasteiger partial charge in [0.2, 0.25) is 0 Å². The minimum atomic E-state index is -0.523. The normalized spacial score (nSPS) is 44.7. The Morgan fingerprint density at radius 2 is 1.68 bits per heavy atom. The van der Waals surface area contributed by atoms with E-state index >= 15 is 0 Å². The fraction of sp³-hybridized carbons (Fsp3) is 0.900. The number of hydrogen-bond acceptors (Lipinski definition) is 7. The second-order valence-electron chi connectivity index (χ2n) is 13.0. The van der Waals surface area contributed by atoms with Crippen LogP contribution in [0.2, 0.25) is 0 Å². The molecule has 0 aromatic heterocycles. The van der Waals surface area contributed by atoms with Crippen LogP contribution < -0.4 is 0 Å². The molecule has 1 N–H and O–H groups in total. The Morgan fingerprint density at radius 1 is 1.00 bits per heavy atom. The first-order valence-electron chi connectivity index (χ1n) is 14.7. The number of carbonyl (C=O) groups is 3. The van der Waals surface area contributed by atoms with Crippen LogP contribution in [0.3, 0.4) is 0 Å². The van der Waals surface area contributed by atoms with Gasteiger partial charge in [-0.2, -0.15) is 0 Å². The largest absolute Gasteiger partial charge is 0.466 e. The van der Waals surface area contributed by atoms with Gasteiger partial charge in [0.05, 0.1) is 12.7 Å². The molecular formula is C30H47BrO7. The summed E-state index contributed by atoms with van der Waals surface area (Å²) in [4.78, 5) is 36.1. The molecule has 12 unspecified atom stereocenters. The van der Waals surface area contributed by atoms with E-state index in [2.05, 4.69) is 36.7 Å². The summed E-state index contributed by atoms with van der Waals surface area (Å²) in [7, 11) is 0. The van der Waals surface area contributed by atoms with Crippen LogP contribution >= 0.6 is 15.9 Å². The van der Waals surface area contributed by atoms with E-state index in [0.717, 1.165) is 44.9 Å². The van der Waals surface area contributed by atoms with Crippen molar-refractivity contribution >= 4 is 33.8 Å². The maximum atomic E-state index is 12.4. The zero-order chi connectivity index (χ0) is 28.0. The first kappa shape index (κ1) is 29.8. The van der Waals surface area contributed by atoms with E-state index in [1.165, 1.54) is 13.8 Å². The summed E-state index contributed by atoms with van der Waals surface area (Å²) in [6, 6.07) is 0. The Morgan fingerprint density at radius 3 is 2.32 bits per heavy atom. The van der Waals surface area contributed by atoms with Gasteiger partial charge in [0.1, 0.15) is 12.2 Å². The van der Waals surface area contributed by atoms with E-state index in [0.29, 0.717) is 18.9 Å². The number of aliphatic hydroxyl groups is 1. The van der Waals surface area contributed by atoms with Crippen molar-refractivity contribution in [2.45, 2.75) is 116 Å². The highest BCUT2D eigenvalue weighted by molar-refractivity contribution is 9.09. The minimum absolute atomic E-state index is 0.0535. The molecular weight excluding hydrogens is 552 g/mol. The first-order chi connectivity index (χ1) is 17.8. The van der Waals surface area contributed by atoms with Crippen LogP contribution in [0.15, 0.2) is 0 Å². The van der Waals surface area contributed by atoms with Gasteiger partial charge in [0, 0.05) is 30.5 Å². The van der Waals surface area contributed by atoms with Crippen molar-refractivity contribution in [3.63, 3.8) is 0 Å². The lowest BCUT2D eigenvalue weighted by atomic mass is 9.43. The van der Waals surface area contributed by atoms with Crippen LogP contribution in [0.5, 0.6) is 0 Å². The molecule has 216 valence electrons. The number of esters is 3. The van der Waals surface area contributed by atoms with Gasteiger partial charge in [-0.25, -0.2) is 0 Å². The second-order valence-corrected chi connectivity index (χ2v) is 14.1.